The van der Waals surface area contributed by atoms with Crippen LogP contribution < -0.4 is 0 Å². The topological polar surface area (TPSA) is 38.7 Å². The molecule has 2 aliphatic heterocycles. The summed E-state index contributed by atoms with van der Waals surface area (Å²) in [7, 11) is 0. The van der Waals surface area contributed by atoms with E-state index in [-0.39, 0.29) is 17.8 Å². The number of carbonyl (C=O) groups is 1. The standard InChI is InChI=1S/C23H25NO2S/c1-14-9-11-15(12-10-14)19-17-13-27-18-8-6-5-7-16(18)20(17)24-21(19)22(25)26-23(2,3)4/h5-12,17,19,21H,13H2,1-4H3/t17-,19-,21-/m1/s1. The molecule has 0 fully saturated rings. The maximum atomic E-state index is 13.0. The van der Waals surface area contributed by atoms with Crippen LogP contribution in [0.5, 0.6) is 0 Å². The van der Waals surface area contributed by atoms with Crippen molar-refractivity contribution in [2.45, 2.75) is 50.2 Å². The van der Waals surface area contributed by atoms with Gasteiger partial charge in [0.15, 0.2) is 6.04 Å². The number of carbonyl (C=O) groups excluding carboxylic acids is 1. The first-order valence-corrected chi connectivity index (χ1v) is 10.4. The van der Waals surface area contributed by atoms with Gasteiger partial charge in [0, 0.05) is 33.8 Å². The monoisotopic (exact) mass is 379 g/mol. The molecule has 0 aliphatic carbocycles. The number of aliphatic imine (C=N–C) groups is 1. The number of ether oxygens (including phenoxy) is 1. The molecule has 4 heteroatoms. The van der Waals surface area contributed by atoms with Crippen LogP contribution in [0.15, 0.2) is 58.4 Å². The van der Waals surface area contributed by atoms with Crippen molar-refractivity contribution in [3.8, 4) is 0 Å². The molecule has 2 aliphatic rings. The smallest absolute Gasteiger partial charge is 0.332 e. The molecular weight excluding hydrogens is 354 g/mol. The lowest BCUT2D eigenvalue weighted by atomic mass is 9.80. The fraction of sp³-hybridized carbons (Fsp3) is 0.391. The number of aryl methyl sites for hydroxylation is 1. The quantitative estimate of drug-likeness (QED) is 0.688. The first-order chi connectivity index (χ1) is 12.8. The van der Waals surface area contributed by atoms with Crippen LogP contribution in [0.3, 0.4) is 0 Å². The summed E-state index contributed by atoms with van der Waals surface area (Å²) < 4.78 is 5.74. The van der Waals surface area contributed by atoms with Gasteiger partial charge in [-0.3, -0.25) is 4.99 Å². The molecule has 0 radical (unpaired) electrons. The van der Waals surface area contributed by atoms with Crippen molar-refractivity contribution in [3.05, 3.63) is 65.2 Å². The van der Waals surface area contributed by atoms with Crippen molar-refractivity contribution in [2.24, 2.45) is 10.9 Å². The van der Waals surface area contributed by atoms with Crippen LogP contribution in [-0.2, 0) is 9.53 Å². The summed E-state index contributed by atoms with van der Waals surface area (Å²) in [5.74, 6) is 0.965. The van der Waals surface area contributed by atoms with Crippen LogP contribution in [-0.4, -0.2) is 29.1 Å². The Morgan fingerprint density at radius 3 is 2.52 bits per heavy atom. The average Bonchev–Trinajstić information content (AvgIpc) is 3.01. The molecule has 2 aromatic carbocycles. The fourth-order valence-corrected chi connectivity index (χ4v) is 5.14. The molecule has 2 heterocycles. The molecular formula is C23H25NO2S. The van der Waals surface area contributed by atoms with Crippen molar-refractivity contribution < 1.29 is 9.53 Å². The van der Waals surface area contributed by atoms with Crippen LogP contribution in [0.2, 0.25) is 0 Å². The number of esters is 1. The zero-order chi connectivity index (χ0) is 19.2. The van der Waals surface area contributed by atoms with Gasteiger partial charge in [-0.15, -0.1) is 11.8 Å². The first-order valence-electron chi connectivity index (χ1n) is 9.43. The summed E-state index contributed by atoms with van der Waals surface area (Å²) in [4.78, 5) is 19.2. The zero-order valence-electron chi connectivity index (χ0n) is 16.2. The molecule has 3 atom stereocenters. The molecule has 3 nitrogen and oxygen atoms in total. The Bertz CT molecular complexity index is 895. The minimum atomic E-state index is -0.518. The molecule has 0 saturated heterocycles. The number of rotatable bonds is 2. The van der Waals surface area contributed by atoms with E-state index in [1.807, 2.05) is 38.6 Å². The van der Waals surface area contributed by atoms with E-state index in [4.69, 9.17) is 9.73 Å². The molecule has 140 valence electrons. The van der Waals surface area contributed by atoms with Gasteiger partial charge in [0.05, 0.1) is 0 Å². The zero-order valence-corrected chi connectivity index (χ0v) is 17.0. The molecule has 0 bridgehead atoms. The summed E-state index contributed by atoms with van der Waals surface area (Å²) in [5.41, 5.74) is 4.10. The Labute approximate surface area is 165 Å². The lowest BCUT2D eigenvalue weighted by Gasteiger charge is -2.29. The van der Waals surface area contributed by atoms with Gasteiger partial charge in [-0.2, -0.15) is 0 Å². The van der Waals surface area contributed by atoms with E-state index in [9.17, 15) is 4.79 Å². The number of hydrogen-bond donors (Lipinski definition) is 0. The van der Waals surface area contributed by atoms with E-state index in [0.717, 1.165) is 11.5 Å². The number of hydrogen-bond acceptors (Lipinski definition) is 4. The summed E-state index contributed by atoms with van der Waals surface area (Å²) >= 11 is 1.86. The number of nitrogens with zero attached hydrogens (tertiary/aromatic N) is 1. The van der Waals surface area contributed by atoms with E-state index < -0.39 is 11.6 Å². The van der Waals surface area contributed by atoms with E-state index in [1.165, 1.54) is 21.6 Å². The second-order valence-electron chi connectivity index (χ2n) is 8.34. The molecule has 4 rings (SSSR count). The highest BCUT2D eigenvalue weighted by Crippen LogP contribution is 2.46. The molecule has 0 aromatic heterocycles. The van der Waals surface area contributed by atoms with Crippen molar-refractivity contribution in [2.75, 3.05) is 5.75 Å². The molecule has 0 N–H and O–H groups in total. The van der Waals surface area contributed by atoms with E-state index in [0.29, 0.717) is 0 Å². The van der Waals surface area contributed by atoms with Crippen LogP contribution in [0.25, 0.3) is 0 Å². The number of benzene rings is 2. The van der Waals surface area contributed by atoms with Crippen molar-refractivity contribution in [1.29, 1.82) is 0 Å². The Hall–Kier alpha value is -2.07. The summed E-state index contributed by atoms with van der Waals surface area (Å²) in [5, 5.41) is 0. The van der Waals surface area contributed by atoms with Crippen LogP contribution in [0, 0.1) is 12.8 Å². The highest BCUT2D eigenvalue weighted by Gasteiger charge is 2.47. The van der Waals surface area contributed by atoms with Crippen molar-refractivity contribution in [3.63, 3.8) is 0 Å². The minimum Gasteiger partial charge on any atom is -0.458 e. The highest BCUT2D eigenvalue weighted by molar-refractivity contribution is 7.99. The SMILES string of the molecule is Cc1ccc([C@@H]2[C@H]3CSc4ccccc4C3=N[C@H]2C(=O)OC(C)(C)C)cc1. The predicted molar refractivity (Wildman–Crippen MR) is 111 cm³/mol. The molecule has 0 saturated carbocycles. The summed E-state index contributed by atoms with van der Waals surface area (Å²) in [6.45, 7) is 7.81. The molecule has 27 heavy (non-hydrogen) atoms. The van der Waals surface area contributed by atoms with Crippen LogP contribution >= 0.6 is 11.8 Å². The maximum Gasteiger partial charge on any atom is 0.332 e. The Balaban J connectivity index is 1.77. The normalized spacial score (nSPS) is 24.0. The lowest BCUT2D eigenvalue weighted by Crippen LogP contribution is -2.35. The Morgan fingerprint density at radius 1 is 1.11 bits per heavy atom. The third-order valence-corrected chi connectivity index (χ3v) is 6.29. The fourth-order valence-electron chi connectivity index (χ4n) is 3.92. The predicted octanol–water partition coefficient (Wildman–Crippen LogP) is 5.01. The largest absolute Gasteiger partial charge is 0.458 e. The van der Waals surface area contributed by atoms with Gasteiger partial charge in [0.25, 0.3) is 0 Å². The van der Waals surface area contributed by atoms with Crippen molar-refractivity contribution >= 4 is 23.4 Å². The first kappa shape index (κ1) is 18.3. The van der Waals surface area contributed by atoms with E-state index in [2.05, 4.69) is 49.4 Å². The molecule has 0 amide bonds. The highest BCUT2D eigenvalue weighted by atomic mass is 32.2. The van der Waals surface area contributed by atoms with Gasteiger partial charge >= 0.3 is 5.97 Å². The Morgan fingerprint density at radius 2 is 1.81 bits per heavy atom. The van der Waals surface area contributed by atoms with Crippen LogP contribution in [0.1, 0.15) is 43.4 Å². The minimum absolute atomic E-state index is 0.0244. The van der Waals surface area contributed by atoms with E-state index in [1.54, 1.807) is 0 Å². The third kappa shape index (κ3) is 3.55. The maximum absolute atomic E-state index is 13.0. The number of thioether (sulfide) groups is 1. The second kappa shape index (κ2) is 6.83. The third-order valence-electron chi connectivity index (χ3n) is 5.09. The van der Waals surface area contributed by atoms with Gasteiger partial charge in [-0.1, -0.05) is 48.0 Å². The molecule has 0 spiro atoms. The van der Waals surface area contributed by atoms with Gasteiger partial charge in [-0.25, -0.2) is 4.79 Å². The van der Waals surface area contributed by atoms with Gasteiger partial charge in [0.2, 0.25) is 0 Å². The summed E-state index contributed by atoms with van der Waals surface area (Å²) in [6.07, 6.45) is 0. The molecule has 0 unspecified atom stereocenters. The van der Waals surface area contributed by atoms with Gasteiger partial charge in [-0.05, 0) is 39.3 Å². The van der Waals surface area contributed by atoms with Gasteiger partial charge in [0.1, 0.15) is 5.60 Å². The average molecular weight is 380 g/mol. The summed E-state index contributed by atoms with van der Waals surface area (Å²) in [6, 6.07) is 16.4. The van der Waals surface area contributed by atoms with E-state index >= 15 is 0 Å². The number of fused-ring (bicyclic) bond motifs is 3. The van der Waals surface area contributed by atoms with Crippen molar-refractivity contribution in [1.82, 2.24) is 0 Å². The van der Waals surface area contributed by atoms with Gasteiger partial charge < -0.3 is 4.74 Å². The van der Waals surface area contributed by atoms with Crippen LogP contribution in [0.4, 0.5) is 0 Å². The Kier molecular flexibility index (Phi) is 4.63. The molecule has 2 aromatic rings. The lowest BCUT2D eigenvalue weighted by molar-refractivity contribution is -0.156. The second-order valence-corrected chi connectivity index (χ2v) is 9.40.